The van der Waals surface area contributed by atoms with Gasteiger partial charge >= 0.3 is 0 Å². The van der Waals surface area contributed by atoms with Crippen LogP contribution in [0, 0.1) is 17.8 Å². The molecule has 21 heavy (non-hydrogen) atoms. The van der Waals surface area contributed by atoms with Crippen molar-refractivity contribution in [3.05, 3.63) is 34.3 Å². The third-order valence-electron chi connectivity index (χ3n) is 5.56. The predicted molar refractivity (Wildman–Crippen MR) is 93.6 cm³/mol. The van der Waals surface area contributed by atoms with E-state index < -0.39 is 0 Å². The number of hydrogen-bond donors (Lipinski definition) is 1. The van der Waals surface area contributed by atoms with E-state index in [0.717, 1.165) is 24.3 Å². The molecular formula is C19H28BrN. The lowest BCUT2D eigenvalue weighted by atomic mass is 9.80. The van der Waals surface area contributed by atoms with Gasteiger partial charge in [0.15, 0.2) is 0 Å². The smallest absolute Gasteiger partial charge is 0.0178 e. The van der Waals surface area contributed by atoms with Crippen LogP contribution in [0.2, 0.25) is 0 Å². The Bertz CT molecular complexity index is 470. The minimum atomic E-state index is 0.569. The van der Waals surface area contributed by atoms with Crippen molar-refractivity contribution in [2.45, 2.75) is 57.9 Å². The summed E-state index contributed by atoms with van der Waals surface area (Å²) in [5, 5.41) is 3.67. The molecule has 1 aromatic rings. The van der Waals surface area contributed by atoms with E-state index in [1.54, 1.807) is 0 Å². The molecule has 1 aromatic carbocycles. The first kappa shape index (κ1) is 15.6. The normalized spacial score (nSPS) is 29.2. The summed E-state index contributed by atoms with van der Waals surface area (Å²) in [6.07, 6.45) is 7.40. The van der Waals surface area contributed by atoms with Crippen LogP contribution < -0.4 is 5.32 Å². The van der Waals surface area contributed by atoms with Crippen LogP contribution in [0.25, 0.3) is 0 Å². The maximum atomic E-state index is 3.67. The van der Waals surface area contributed by atoms with Crippen molar-refractivity contribution in [3.8, 4) is 0 Å². The third-order valence-corrected chi connectivity index (χ3v) is 6.06. The van der Waals surface area contributed by atoms with Crippen LogP contribution >= 0.6 is 15.9 Å². The van der Waals surface area contributed by atoms with E-state index in [4.69, 9.17) is 0 Å². The molecule has 2 aliphatic rings. The molecule has 2 saturated carbocycles. The van der Waals surface area contributed by atoms with E-state index >= 15 is 0 Å². The zero-order valence-electron chi connectivity index (χ0n) is 13.3. The molecule has 4 unspecified atom stereocenters. The van der Waals surface area contributed by atoms with E-state index in [1.807, 2.05) is 0 Å². The van der Waals surface area contributed by atoms with E-state index in [0.29, 0.717) is 12.0 Å². The number of hydrogen-bond acceptors (Lipinski definition) is 1. The van der Waals surface area contributed by atoms with Crippen LogP contribution in [-0.4, -0.2) is 12.6 Å². The largest absolute Gasteiger partial charge is 0.314 e. The van der Waals surface area contributed by atoms with Crippen molar-refractivity contribution in [2.24, 2.45) is 17.8 Å². The van der Waals surface area contributed by atoms with E-state index in [1.165, 1.54) is 42.1 Å². The van der Waals surface area contributed by atoms with Crippen molar-refractivity contribution >= 4 is 15.9 Å². The average molecular weight is 350 g/mol. The molecule has 0 amide bonds. The second-order valence-electron chi connectivity index (χ2n) is 7.49. The van der Waals surface area contributed by atoms with Gasteiger partial charge in [0.25, 0.3) is 0 Å². The molecule has 4 atom stereocenters. The number of nitrogens with one attached hydrogen (secondary N) is 1. The van der Waals surface area contributed by atoms with Gasteiger partial charge in [0.2, 0.25) is 0 Å². The lowest BCUT2D eigenvalue weighted by molar-refractivity contribution is 0.289. The van der Waals surface area contributed by atoms with Crippen LogP contribution in [0.4, 0.5) is 0 Å². The Hall–Kier alpha value is -0.340. The summed E-state index contributed by atoms with van der Waals surface area (Å²) in [7, 11) is 0. The quantitative estimate of drug-likeness (QED) is 0.729. The minimum absolute atomic E-state index is 0.569. The Labute approximate surface area is 138 Å². The molecule has 0 radical (unpaired) electrons. The Morgan fingerprint density at radius 1 is 1.24 bits per heavy atom. The topological polar surface area (TPSA) is 12.0 Å². The highest BCUT2D eigenvalue weighted by molar-refractivity contribution is 9.10. The summed E-state index contributed by atoms with van der Waals surface area (Å²) in [5.74, 6) is 3.72. The molecule has 0 spiro atoms. The zero-order chi connectivity index (χ0) is 14.8. The Morgan fingerprint density at radius 3 is 2.71 bits per heavy atom. The molecule has 0 aliphatic heterocycles. The first-order chi connectivity index (χ1) is 10.1. The number of rotatable bonds is 6. The molecule has 2 fully saturated rings. The maximum Gasteiger partial charge on any atom is 0.0178 e. The molecular weight excluding hydrogens is 322 g/mol. The van der Waals surface area contributed by atoms with Gasteiger partial charge in [-0.15, -0.1) is 0 Å². The lowest BCUT2D eigenvalue weighted by Crippen LogP contribution is -2.29. The summed E-state index contributed by atoms with van der Waals surface area (Å²) in [6, 6.07) is 9.51. The fourth-order valence-corrected chi connectivity index (χ4v) is 4.92. The summed E-state index contributed by atoms with van der Waals surface area (Å²) in [5.41, 5.74) is 1.50. The Morgan fingerprint density at radius 2 is 2.10 bits per heavy atom. The molecule has 0 saturated heterocycles. The first-order valence-corrected chi connectivity index (χ1v) is 9.40. The summed E-state index contributed by atoms with van der Waals surface area (Å²) >= 11 is 3.64. The van der Waals surface area contributed by atoms with Gasteiger partial charge in [0, 0.05) is 17.1 Å². The van der Waals surface area contributed by atoms with Gasteiger partial charge in [-0.05, 0) is 67.1 Å². The van der Waals surface area contributed by atoms with Crippen molar-refractivity contribution in [1.82, 2.24) is 5.32 Å². The molecule has 2 bridgehead atoms. The summed E-state index contributed by atoms with van der Waals surface area (Å²) < 4.78 is 1.21. The van der Waals surface area contributed by atoms with Crippen molar-refractivity contribution < 1.29 is 0 Å². The van der Waals surface area contributed by atoms with Crippen molar-refractivity contribution in [3.63, 3.8) is 0 Å². The maximum absolute atomic E-state index is 3.67. The fourth-order valence-electron chi connectivity index (χ4n) is 4.51. The van der Waals surface area contributed by atoms with Gasteiger partial charge in [-0.2, -0.15) is 0 Å². The van der Waals surface area contributed by atoms with Crippen LogP contribution in [0.1, 0.15) is 57.4 Å². The SMILES string of the molecule is CC(C)NCC(CC1CC2CCC1C2)c1cccc(Br)c1. The van der Waals surface area contributed by atoms with Gasteiger partial charge < -0.3 is 5.32 Å². The van der Waals surface area contributed by atoms with Gasteiger partial charge in [-0.3, -0.25) is 0 Å². The first-order valence-electron chi connectivity index (χ1n) is 8.60. The molecule has 0 heterocycles. The second-order valence-corrected chi connectivity index (χ2v) is 8.40. The van der Waals surface area contributed by atoms with Crippen LogP contribution in [-0.2, 0) is 0 Å². The van der Waals surface area contributed by atoms with E-state index in [9.17, 15) is 0 Å². The highest BCUT2D eigenvalue weighted by atomic mass is 79.9. The fraction of sp³-hybridized carbons (Fsp3) is 0.684. The van der Waals surface area contributed by atoms with Crippen LogP contribution in [0.15, 0.2) is 28.7 Å². The monoisotopic (exact) mass is 349 g/mol. The van der Waals surface area contributed by atoms with E-state index in [-0.39, 0.29) is 0 Å². The molecule has 1 N–H and O–H groups in total. The summed E-state index contributed by atoms with van der Waals surface area (Å²) in [4.78, 5) is 0. The van der Waals surface area contributed by atoms with Crippen molar-refractivity contribution in [1.29, 1.82) is 0 Å². The Balaban J connectivity index is 1.69. The van der Waals surface area contributed by atoms with Gasteiger partial charge in [-0.25, -0.2) is 0 Å². The van der Waals surface area contributed by atoms with E-state index in [2.05, 4.69) is 59.4 Å². The highest BCUT2D eigenvalue weighted by Gasteiger charge is 2.40. The highest BCUT2D eigenvalue weighted by Crippen LogP contribution is 2.51. The van der Waals surface area contributed by atoms with Crippen LogP contribution in [0.3, 0.4) is 0 Å². The molecule has 2 aliphatic carbocycles. The van der Waals surface area contributed by atoms with Crippen LogP contribution in [0.5, 0.6) is 0 Å². The Kier molecular flexibility index (Phi) is 5.06. The molecule has 0 aromatic heterocycles. The standard InChI is InChI=1S/C19H28BrN/c1-13(2)21-12-18(15-4-3-5-19(20)11-15)10-17-9-14-6-7-16(17)8-14/h3-5,11,13-14,16-18,21H,6-10,12H2,1-2H3. The molecule has 116 valence electrons. The third kappa shape index (κ3) is 3.90. The van der Waals surface area contributed by atoms with Gasteiger partial charge in [-0.1, -0.05) is 48.3 Å². The molecule has 3 rings (SSSR count). The second kappa shape index (κ2) is 6.83. The lowest BCUT2D eigenvalue weighted by Gasteiger charge is -2.28. The van der Waals surface area contributed by atoms with Gasteiger partial charge in [0.05, 0.1) is 0 Å². The number of fused-ring (bicyclic) bond motifs is 2. The minimum Gasteiger partial charge on any atom is -0.314 e. The number of halogens is 1. The van der Waals surface area contributed by atoms with Gasteiger partial charge in [0.1, 0.15) is 0 Å². The average Bonchev–Trinajstić information content (AvgIpc) is 3.05. The predicted octanol–water partition coefficient (Wildman–Crippen LogP) is 5.36. The summed E-state index contributed by atoms with van der Waals surface area (Å²) in [6.45, 7) is 5.60. The molecule has 1 nitrogen and oxygen atoms in total. The molecule has 2 heteroatoms. The van der Waals surface area contributed by atoms with Crippen molar-refractivity contribution in [2.75, 3.05) is 6.54 Å². The zero-order valence-corrected chi connectivity index (χ0v) is 14.9. The number of benzene rings is 1.